The first kappa shape index (κ1) is 20.6. The number of hydrogen-bond acceptors (Lipinski definition) is 1. The van der Waals surface area contributed by atoms with Crippen LogP contribution in [0.4, 0.5) is 8.78 Å². The fourth-order valence-corrected chi connectivity index (χ4v) is 4.10. The second-order valence-corrected chi connectivity index (χ2v) is 7.70. The normalized spacial score (nSPS) is 20.3. The molecule has 1 aliphatic carbocycles. The molecule has 0 aromatic heterocycles. The molecule has 0 aliphatic heterocycles. The van der Waals surface area contributed by atoms with Gasteiger partial charge in [-0.1, -0.05) is 63.5 Å². The van der Waals surface area contributed by atoms with Gasteiger partial charge in [-0.25, -0.2) is 8.78 Å². The van der Waals surface area contributed by atoms with Crippen molar-refractivity contribution in [2.45, 2.75) is 77.0 Å². The van der Waals surface area contributed by atoms with E-state index in [9.17, 15) is 8.78 Å². The molecule has 0 spiro atoms. The zero-order chi connectivity index (χ0) is 18.6. The first-order valence-corrected chi connectivity index (χ1v) is 10.2. The molecule has 26 heavy (non-hydrogen) atoms. The average Bonchev–Trinajstić information content (AvgIpc) is 2.66. The number of nitriles is 1. The monoisotopic (exact) mass is 359 g/mol. The fourth-order valence-electron chi connectivity index (χ4n) is 4.10. The Kier molecular flexibility index (Phi) is 9.39. The predicted molar refractivity (Wildman–Crippen MR) is 103 cm³/mol. The summed E-state index contributed by atoms with van der Waals surface area (Å²) < 4.78 is 25.5. The van der Waals surface area contributed by atoms with E-state index in [0.29, 0.717) is 6.33 Å². The first-order valence-electron chi connectivity index (χ1n) is 10.2. The van der Waals surface area contributed by atoms with Gasteiger partial charge >= 0.3 is 0 Å². The van der Waals surface area contributed by atoms with Gasteiger partial charge in [-0.2, -0.15) is 5.26 Å². The number of benzene rings is 1. The van der Waals surface area contributed by atoms with Gasteiger partial charge in [0, 0.05) is 0 Å². The van der Waals surface area contributed by atoms with E-state index in [1.165, 1.54) is 57.4 Å². The lowest BCUT2D eigenvalue weighted by molar-refractivity contribution is 0.248. The van der Waals surface area contributed by atoms with Crippen LogP contribution >= 0.6 is 0 Å². The van der Waals surface area contributed by atoms with Gasteiger partial charge in [0.15, 0.2) is 0 Å². The molecule has 3 heteroatoms. The predicted octanol–water partition coefficient (Wildman–Crippen LogP) is 7.26. The van der Waals surface area contributed by atoms with Crippen molar-refractivity contribution in [1.82, 2.24) is 0 Å². The van der Waals surface area contributed by atoms with Crippen molar-refractivity contribution in [2.24, 2.45) is 11.8 Å². The zero-order valence-corrected chi connectivity index (χ0v) is 15.7. The van der Waals surface area contributed by atoms with Crippen LogP contribution in [0.15, 0.2) is 30.6 Å². The van der Waals surface area contributed by atoms with Crippen molar-refractivity contribution in [2.75, 3.05) is 0 Å². The summed E-state index contributed by atoms with van der Waals surface area (Å²) in [5.74, 6) is 1.25. The maximum atomic E-state index is 13.7. The summed E-state index contributed by atoms with van der Waals surface area (Å²) in [5.41, 5.74) is 1.14. The molecular weight excluding hydrogens is 328 g/mol. The van der Waals surface area contributed by atoms with Gasteiger partial charge in [0.1, 0.15) is 11.9 Å². The third kappa shape index (κ3) is 7.28. The van der Waals surface area contributed by atoms with E-state index in [0.717, 1.165) is 43.1 Å². The second-order valence-electron chi connectivity index (χ2n) is 7.70. The highest BCUT2D eigenvalue weighted by Crippen LogP contribution is 2.34. The molecule has 1 saturated carbocycles. The molecule has 1 fully saturated rings. The second kappa shape index (κ2) is 11.8. The summed E-state index contributed by atoms with van der Waals surface area (Å²) in [5, 5.41) is 8.79. The number of unbranched alkanes of at least 4 members (excludes halogenated alkanes) is 4. The Morgan fingerprint density at radius 2 is 1.69 bits per heavy atom. The third-order valence-electron chi connectivity index (χ3n) is 5.78. The minimum Gasteiger partial charge on any atom is -0.216 e. The number of halogens is 2. The van der Waals surface area contributed by atoms with Crippen LogP contribution in [0.5, 0.6) is 0 Å². The van der Waals surface area contributed by atoms with Crippen molar-refractivity contribution in [1.29, 1.82) is 5.26 Å². The summed E-state index contributed by atoms with van der Waals surface area (Å²) in [4.78, 5) is 0. The lowest BCUT2D eigenvalue weighted by Crippen LogP contribution is -2.15. The highest BCUT2D eigenvalue weighted by Gasteiger charge is 2.20. The molecule has 0 amide bonds. The molecule has 0 heterocycles. The van der Waals surface area contributed by atoms with E-state index in [1.807, 2.05) is 12.1 Å². The number of aryl methyl sites for hydroxylation is 1. The van der Waals surface area contributed by atoms with Crippen LogP contribution < -0.4 is 0 Å². The van der Waals surface area contributed by atoms with Crippen molar-refractivity contribution >= 4 is 0 Å². The molecular formula is C23H31F2N. The number of rotatable bonds is 10. The zero-order valence-electron chi connectivity index (χ0n) is 15.7. The van der Waals surface area contributed by atoms with Crippen molar-refractivity contribution in [3.63, 3.8) is 0 Å². The van der Waals surface area contributed by atoms with Crippen LogP contribution in [0.25, 0.3) is 0 Å². The standard InChI is InChI=1S/C23H31F2N/c24-16-6-4-2-1-3-5-7-19-8-10-20(11-9-19)12-13-21-14-15-22(18-26)23(25)17-21/h6,14-17,19-20H,1-5,7-13H2. The largest absolute Gasteiger partial charge is 0.216 e. The molecule has 2 rings (SSSR count). The van der Waals surface area contributed by atoms with Crippen LogP contribution in [0.1, 0.15) is 81.8 Å². The molecule has 0 N–H and O–H groups in total. The Morgan fingerprint density at radius 3 is 2.35 bits per heavy atom. The Hall–Kier alpha value is -1.69. The lowest BCUT2D eigenvalue weighted by Gasteiger charge is -2.28. The van der Waals surface area contributed by atoms with Crippen molar-refractivity contribution < 1.29 is 8.78 Å². The van der Waals surface area contributed by atoms with Gasteiger partial charge in [-0.05, 0) is 55.2 Å². The van der Waals surface area contributed by atoms with Crippen LogP contribution in [-0.2, 0) is 6.42 Å². The van der Waals surface area contributed by atoms with Crippen LogP contribution in [0.3, 0.4) is 0 Å². The minimum atomic E-state index is -0.394. The van der Waals surface area contributed by atoms with Crippen molar-refractivity contribution in [3.8, 4) is 6.07 Å². The summed E-state index contributed by atoms with van der Waals surface area (Å²) in [6.07, 6.45) is 16.6. The molecule has 1 aromatic carbocycles. The summed E-state index contributed by atoms with van der Waals surface area (Å²) in [7, 11) is 0. The third-order valence-corrected chi connectivity index (χ3v) is 5.78. The van der Waals surface area contributed by atoms with Gasteiger partial charge in [0.05, 0.1) is 11.9 Å². The molecule has 1 aliphatic rings. The fraction of sp³-hybridized carbons (Fsp3) is 0.609. The molecule has 0 atom stereocenters. The summed E-state index contributed by atoms with van der Waals surface area (Å²) in [6.45, 7) is 0. The number of hydrogen-bond donors (Lipinski definition) is 0. The van der Waals surface area contributed by atoms with Crippen LogP contribution in [0.2, 0.25) is 0 Å². The Labute approximate surface area is 157 Å². The molecule has 142 valence electrons. The number of nitrogens with zero attached hydrogens (tertiary/aromatic N) is 1. The Bertz CT molecular complexity index is 595. The minimum absolute atomic E-state index is 0.133. The van der Waals surface area contributed by atoms with E-state index in [-0.39, 0.29) is 5.56 Å². The van der Waals surface area contributed by atoms with Crippen molar-refractivity contribution in [3.05, 3.63) is 47.5 Å². The SMILES string of the molecule is N#Cc1ccc(CCC2CCC(CCCCCCC=CF)CC2)cc1F. The van der Waals surface area contributed by atoms with Crippen LogP contribution in [-0.4, -0.2) is 0 Å². The molecule has 1 nitrogen and oxygen atoms in total. The highest BCUT2D eigenvalue weighted by molar-refractivity contribution is 5.33. The van der Waals surface area contributed by atoms with Gasteiger partial charge in [0.25, 0.3) is 0 Å². The van der Waals surface area contributed by atoms with Gasteiger partial charge in [-0.3, -0.25) is 0 Å². The topological polar surface area (TPSA) is 23.8 Å². The van der Waals surface area contributed by atoms with E-state index in [1.54, 1.807) is 12.1 Å². The maximum Gasteiger partial charge on any atom is 0.141 e. The Balaban J connectivity index is 1.57. The smallest absolute Gasteiger partial charge is 0.141 e. The number of allylic oxidation sites excluding steroid dienone is 1. The summed E-state index contributed by atoms with van der Waals surface area (Å²) in [6, 6.07) is 6.87. The van der Waals surface area contributed by atoms with Gasteiger partial charge in [0.2, 0.25) is 0 Å². The van der Waals surface area contributed by atoms with Gasteiger partial charge < -0.3 is 0 Å². The summed E-state index contributed by atoms with van der Waals surface area (Å²) >= 11 is 0. The Morgan fingerprint density at radius 1 is 1.00 bits per heavy atom. The molecule has 0 bridgehead atoms. The average molecular weight is 360 g/mol. The quantitative estimate of drug-likeness (QED) is 0.403. The van der Waals surface area contributed by atoms with Crippen LogP contribution in [0, 0.1) is 29.0 Å². The molecule has 0 radical (unpaired) electrons. The van der Waals surface area contributed by atoms with Gasteiger partial charge in [-0.15, -0.1) is 0 Å². The molecule has 0 saturated heterocycles. The molecule has 0 unspecified atom stereocenters. The van der Waals surface area contributed by atoms with E-state index >= 15 is 0 Å². The highest BCUT2D eigenvalue weighted by atomic mass is 19.1. The van der Waals surface area contributed by atoms with E-state index in [2.05, 4.69) is 0 Å². The lowest BCUT2D eigenvalue weighted by atomic mass is 9.77. The first-order chi connectivity index (χ1) is 12.7. The van der Waals surface area contributed by atoms with E-state index < -0.39 is 5.82 Å². The maximum absolute atomic E-state index is 13.7. The molecule has 1 aromatic rings. The van der Waals surface area contributed by atoms with E-state index in [4.69, 9.17) is 5.26 Å².